The minimum atomic E-state index is -0.0444. The number of H-pyrrole nitrogens is 1. The summed E-state index contributed by atoms with van der Waals surface area (Å²) in [5.74, 6) is 0.736. The van der Waals surface area contributed by atoms with Gasteiger partial charge in [0.15, 0.2) is 0 Å². The smallest absolute Gasteiger partial charge is 0.258 e. The summed E-state index contributed by atoms with van der Waals surface area (Å²) in [4.78, 5) is 22.2. The van der Waals surface area contributed by atoms with Crippen LogP contribution in [0.1, 0.15) is 29.4 Å². The highest BCUT2D eigenvalue weighted by Crippen LogP contribution is 2.23. The number of rotatable bonds is 3. The molecule has 0 unspecified atom stereocenters. The van der Waals surface area contributed by atoms with Crippen molar-refractivity contribution in [2.45, 2.75) is 33.0 Å². The Bertz CT molecular complexity index is 904. The van der Waals surface area contributed by atoms with Gasteiger partial charge in [0.25, 0.3) is 5.56 Å². The van der Waals surface area contributed by atoms with Crippen LogP contribution in [0.5, 0.6) is 0 Å². The first-order valence-corrected chi connectivity index (χ1v) is 8.04. The lowest BCUT2D eigenvalue weighted by Gasteiger charge is -2.14. The fraction of sp³-hybridized carbons (Fsp3) is 0.263. The molecule has 0 radical (unpaired) electrons. The molecule has 4 rings (SSSR count). The van der Waals surface area contributed by atoms with Crippen molar-refractivity contribution in [2.75, 3.05) is 0 Å². The Hall–Kier alpha value is -2.46. The van der Waals surface area contributed by atoms with Gasteiger partial charge in [-0.15, -0.1) is 0 Å². The standard InChI is InChI=1S/C19H19N3O/c1-2-13-7-8-17-16(9-13)19(23)21-18(20-17)12-22-10-14-5-3-4-6-15(14)11-22/h3-9H,2,10-12H2,1H3,(H,20,21,23). The Morgan fingerprint density at radius 3 is 2.57 bits per heavy atom. The fourth-order valence-corrected chi connectivity index (χ4v) is 3.26. The van der Waals surface area contributed by atoms with E-state index in [1.54, 1.807) is 0 Å². The van der Waals surface area contributed by atoms with Gasteiger partial charge < -0.3 is 4.98 Å². The number of nitrogens with zero attached hydrogens (tertiary/aromatic N) is 2. The third kappa shape index (κ3) is 2.66. The lowest BCUT2D eigenvalue weighted by Crippen LogP contribution is -2.21. The summed E-state index contributed by atoms with van der Waals surface area (Å²) in [7, 11) is 0. The van der Waals surface area contributed by atoms with Crippen molar-refractivity contribution in [1.82, 2.24) is 14.9 Å². The second-order valence-electron chi connectivity index (χ2n) is 6.13. The number of benzene rings is 2. The van der Waals surface area contributed by atoms with Gasteiger partial charge in [-0.1, -0.05) is 37.3 Å². The van der Waals surface area contributed by atoms with Crippen molar-refractivity contribution in [3.05, 3.63) is 75.3 Å². The molecule has 4 nitrogen and oxygen atoms in total. The largest absolute Gasteiger partial charge is 0.309 e. The number of aromatic nitrogens is 2. The van der Waals surface area contributed by atoms with Crippen LogP contribution < -0.4 is 5.56 Å². The second-order valence-corrected chi connectivity index (χ2v) is 6.13. The summed E-state index contributed by atoms with van der Waals surface area (Å²) < 4.78 is 0. The van der Waals surface area contributed by atoms with Crippen molar-refractivity contribution in [1.29, 1.82) is 0 Å². The van der Waals surface area contributed by atoms with Crippen LogP contribution in [0, 0.1) is 0 Å². The molecule has 0 saturated heterocycles. The highest BCUT2D eigenvalue weighted by atomic mass is 16.1. The summed E-state index contributed by atoms with van der Waals surface area (Å²) in [6.45, 7) is 4.57. The van der Waals surface area contributed by atoms with E-state index in [0.717, 1.165) is 36.4 Å². The fourth-order valence-electron chi connectivity index (χ4n) is 3.26. The lowest BCUT2D eigenvalue weighted by molar-refractivity contribution is 0.268. The molecule has 1 aliphatic heterocycles. The van der Waals surface area contributed by atoms with E-state index < -0.39 is 0 Å². The molecule has 0 atom stereocenters. The summed E-state index contributed by atoms with van der Waals surface area (Å²) in [6, 6.07) is 14.4. The maximum Gasteiger partial charge on any atom is 0.258 e. The Morgan fingerprint density at radius 1 is 1.13 bits per heavy atom. The summed E-state index contributed by atoms with van der Waals surface area (Å²) in [5, 5.41) is 0.679. The van der Waals surface area contributed by atoms with Crippen LogP contribution in [0.25, 0.3) is 10.9 Å². The van der Waals surface area contributed by atoms with E-state index in [2.05, 4.69) is 46.1 Å². The second kappa shape index (κ2) is 5.63. The quantitative estimate of drug-likeness (QED) is 0.809. The Balaban J connectivity index is 1.62. The molecule has 0 spiro atoms. The van der Waals surface area contributed by atoms with Crippen LogP contribution >= 0.6 is 0 Å². The van der Waals surface area contributed by atoms with Crippen molar-refractivity contribution < 1.29 is 0 Å². The van der Waals surface area contributed by atoms with Gasteiger partial charge in [0.1, 0.15) is 5.82 Å². The number of aryl methyl sites for hydroxylation is 1. The highest BCUT2D eigenvalue weighted by molar-refractivity contribution is 5.78. The van der Waals surface area contributed by atoms with Gasteiger partial charge in [-0.05, 0) is 35.2 Å². The number of aromatic amines is 1. The molecular weight excluding hydrogens is 286 g/mol. The zero-order valence-electron chi connectivity index (χ0n) is 13.2. The molecule has 0 saturated carbocycles. The summed E-state index contributed by atoms with van der Waals surface area (Å²) in [5.41, 5.74) is 4.62. The van der Waals surface area contributed by atoms with Gasteiger partial charge in [-0.2, -0.15) is 0 Å². The van der Waals surface area contributed by atoms with Crippen LogP contribution in [-0.4, -0.2) is 14.9 Å². The predicted octanol–water partition coefficient (Wildman–Crippen LogP) is 3.00. The molecule has 23 heavy (non-hydrogen) atoms. The van der Waals surface area contributed by atoms with Crippen LogP contribution in [-0.2, 0) is 26.1 Å². The normalized spacial score (nSPS) is 14.3. The maximum absolute atomic E-state index is 12.3. The molecular formula is C19H19N3O. The minimum Gasteiger partial charge on any atom is -0.309 e. The molecule has 1 aromatic heterocycles. The molecule has 1 aliphatic rings. The Kier molecular flexibility index (Phi) is 3.46. The summed E-state index contributed by atoms with van der Waals surface area (Å²) in [6.07, 6.45) is 0.920. The third-order valence-corrected chi connectivity index (χ3v) is 4.51. The van der Waals surface area contributed by atoms with Gasteiger partial charge in [0.05, 0.1) is 17.4 Å². The van der Waals surface area contributed by atoms with E-state index in [9.17, 15) is 4.79 Å². The van der Waals surface area contributed by atoms with E-state index in [1.165, 1.54) is 11.1 Å². The van der Waals surface area contributed by atoms with Crippen molar-refractivity contribution >= 4 is 10.9 Å². The zero-order chi connectivity index (χ0) is 15.8. The SMILES string of the molecule is CCc1ccc2nc(CN3Cc4ccccc4C3)[nH]c(=O)c2c1. The van der Waals surface area contributed by atoms with Gasteiger partial charge in [0, 0.05) is 13.1 Å². The van der Waals surface area contributed by atoms with Crippen LogP contribution in [0.4, 0.5) is 0 Å². The van der Waals surface area contributed by atoms with E-state index in [-0.39, 0.29) is 5.56 Å². The number of hydrogen-bond donors (Lipinski definition) is 1. The van der Waals surface area contributed by atoms with E-state index >= 15 is 0 Å². The van der Waals surface area contributed by atoms with Gasteiger partial charge in [-0.25, -0.2) is 4.98 Å². The van der Waals surface area contributed by atoms with Crippen LogP contribution in [0.3, 0.4) is 0 Å². The lowest BCUT2D eigenvalue weighted by atomic mass is 10.1. The van der Waals surface area contributed by atoms with Crippen molar-refractivity contribution in [3.8, 4) is 0 Å². The van der Waals surface area contributed by atoms with Crippen molar-refractivity contribution in [3.63, 3.8) is 0 Å². The monoisotopic (exact) mass is 305 g/mol. The molecule has 0 fully saturated rings. The number of nitrogens with one attached hydrogen (secondary N) is 1. The first-order chi connectivity index (χ1) is 11.2. The molecule has 4 heteroatoms. The third-order valence-electron chi connectivity index (χ3n) is 4.51. The topological polar surface area (TPSA) is 49.0 Å². The molecule has 116 valence electrons. The average molecular weight is 305 g/mol. The molecule has 2 heterocycles. The number of hydrogen-bond acceptors (Lipinski definition) is 3. The van der Waals surface area contributed by atoms with Crippen LogP contribution in [0.2, 0.25) is 0 Å². The van der Waals surface area contributed by atoms with E-state index in [1.807, 2.05) is 18.2 Å². The zero-order valence-corrected chi connectivity index (χ0v) is 13.2. The molecule has 3 aromatic rings. The summed E-state index contributed by atoms with van der Waals surface area (Å²) >= 11 is 0. The Labute approximate surface area is 134 Å². The molecule has 2 aromatic carbocycles. The van der Waals surface area contributed by atoms with Crippen LogP contribution in [0.15, 0.2) is 47.3 Å². The molecule has 0 amide bonds. The van der Waals surface area contributed by atoms with Gasteiger partial charge >= 0.3 is 0 Å². The predicted molar refractivity (Wildman–Crippen MR) is 91.1 cm³/mol. The van der Waals surface area contributed by atoms with E-state index in [0.29, 0.717) is 11.9 Å². The molecule has 0 aliphatic carbocycles. The minimum absolute atomic E-state index is 0.0444. The molecule has 1 N–H and O–H groups in total. The van der Waals surface area contributed by atoms with E-state index in [4.69, 9.17) is 0 Å². The van der Waals surface area contributed by atoms with Gasteiger partial charge in [0.2, 0.25) is 0 Å². The first kappa shape index (κ1) is 14.2. The Morgan fingerprint density at radius 2 is 1.87 bits per heavy atom. The van der Waals surface area contributed by atoms with Crippen molar-refractivity contribution in [2.24, 2.45) is 0 Å². The maximum atomic E-state index is 12.3. The first-order valence-electron chi connectivity index (χ1n) is 8.04. The average Bonchev–Trinajstić information content (AvgIpc) is 2.96. The highest BCUT2D eigenvalue weighted by Gasteiger charge is 2.19. The van der Waals surface area contributed by atoms with Gasteiger partial charge in [-0.3, -0.25) is 9.69 Å². The number of fused-ring (bicyclic) bond motifs is 2. The molecule has 0 bridgehead atoms.